The number of anilines is 1. The molecule has 21 heavy (non-hydrogen) atoms. The Morgan fingerprint density at radius 2 is 1.86 bits per heavy atom. The van der Waals surface area contributed by atoms with E-state index in [4.69, 9.17) is 4.74 Å². The zero-order chi connectivity index (χ0) is 15.3. The Hall–Kier alpha value is -1.80. The van der Waals surface area contributed by atoms with Crippen LogP contribution < -0.4 is 15.0 Å². The van der Waals surface area contributed by atoms with Gasteiger partial charge >= 0.3 is 6.36 Å². The van der Waals surface area contributed by atoms with Crippen LogP contribution in [0.15, 0.2) is 24.3 Å². The van der Waals surface area contributed by atoms with Gasteiger partial charge in [-0.2, -0.15) is 0 Å². The summed E-state index contributed by atoms with van der Waals surface area (Å²) < 4.78 is 45.0. The molecule has 1 aromatic rings. The van der Waals surface area contributed by atoms with Crippen molar-refractivity contribution in [3.8, 4) is 5.75 Å². The van der Waals surface area contributed by atoms with Gasteiger partial charge in [-0.15, -0.1) is 13.2 Å². The van der Waals surface area contributed by atoms with Crippen LogP contribution in [-0.2, 0) is 9.53 Å². The van der Waals surface area contributed by atoms with E-state index in [1.807, 2.05) is 0 Å². The van der Waals surface area contributed by atoms with Gasteiger partial charge in [-0.3, -0.25) is 4.79 Å². The first-order valence-corrected chi connectivity index (χ1v) is 6.49. The predicted molar refractivity (Wildman–Crippen MR) is 68.1 cm³/mol. The quantitative estimate of drug-likeness (QED) is 0.849. The number of ether oxygens (including phenoxy) is 2. The van der Waals surface area contributed by atoms with Gasteiger partial charge in [-0.1, -0.05) is 0 Å². The number of benzene rings is 1. The van der Waals surface area contributed by atoms with Crippen molar-refractivity contribution in [2.45, 2.75) is 6.36 Å². The van der Waals surface area contributed by atoms with Gasteiger partial charge < -0.3 is 19.7 Å². The number of hydrogen-bond donors (Lipinski definition) is 2. The monoisotopic (exact) mass is 305 g/mol. The minimum absolute atomic E-state index is 0.184. The normalized spacial score (nSPS) is 16.5. The Labute approximate surface area is 119 Å². The van der Waals surface area contributed by atoms with Crippen LogP contribution in [0.5, 0.6) is 5.75 Å². The van der Waals surface area contributed by atoms with E-state index in [-0.39, 0.29) is 11.7 Å². The van der Waals surface area contributed by atoms with E-state index < -0.39 is 6.36 Å². The summed E-state index contributed by atoms with van der Waals surface area (Å²) in [5.41, 5.74) is 0.433. The van der Waals surface area contributed by atoms with Crippen LogP contribution in [-0.4, -0.2) is 45.1 Å². The lowest BCUT2D eigenvalue weighted by atomic mass is 10.3. The molecule has 1 aliphatic rings. The van der Waals surface area contributed by atoms with E-state index in [1.165, 1.54) is 12.1 Å². The lowest BCUT2D eigenvalue weighted by molar-refractivity contribution is -0.899. The van der Waals surface area contributed by atoms with Gasteiger partial charge in [-0.25, -0.2) is 0 Å². The molecule has 0 saturated carbocycles. The minimum Gasteiger partial charge on any atom is -0.406 e. The minimum atomic E-state index is -4.72. The molecule has 0 atom stereocenters. The average Bonchev–Trinajstić information content (AvgIpc) is 2.40. The van der Waals surface area contributed by atoms with Crippen LogP contribution in [0.1, 0.15) is 0 Å². The third-order valence-electron chi connectivity index (χ3n) is 2.98. The predicted octanol–water partition coefficient (Wildman–Crippen LogP) is 0.439. The molecule has 0 radical (unpaired) electrons. The van der Waals surface area contributed by atoms with Crippen LogP contribution in [0.3, 0.4) is 0 Å². The average molecular weight is 305 g/mol. The van der Waals surface area contributed by atoms with Gasteiger partial charge in [0.25, 0.3) is 5.91 Å². The molecule has 1 saturated heterocycles. The molecule has 0 unspecified atom stereocenters. The first-order valence-electron chi connectivity index (χ1n) is 6.49. The number of alkyl halides is 3. The number of nitrogens with one attached hydrogen (secondary N) is 2. The molecule has 1 fully saturated rings. The lowest BCUT2D eigenvalue weighted by Crippen LogP contribution is -3.15. The van der Waals surface area contributed by atoms with Crippen molar-refractivity contribution < 1.29 is 32.3 Å². The fourth-order valence-corrected chi connectivity index (χ4v) is 2.01. The molecule has 116 valence electrons. The summed E-state index contributed by atoms with van der Waals surface area (Å²) in [7, 11) is 0. The Morgan fingerprint density at radius 3 is 2.43 bits per heavy atom. The molecular weight excluding hydrogens is 289 g/mol. The maximum Gasteiger partial charge on any atom is 0.573 e. The molecule has 2 rings (SSSR count). The van der Waals surface area contributed by atoms with Crippen LogP contribution in [0, 0.1) is 0 Å². The SMILES string of the molecule is O=C(C[NH+]1CCOCC1)Nc1ccc(OC(F)(F)F)cc1. The highest BCUT2D eigenvalue weighted by molar-refractivity contribution is 5.91. The van der Waals surface area contributed by atoms with E-state index in [1.54, 1.807) is 0 Å². The fraction of sp³-hybridized carbons (Fsp3) is 0.462. The molecule has 5 nitrogen and oxygen atoms in total. The zero-order valence-electron chi connectivity index (χ0n) is 11.2. The maximum absolute atomic E-state index is 12.0. The van der Waals surface area contributed by atoms with Crippen LogP contribution in [0.25, 0.3) is 0 Å². The van der Waals surface area contributed by atoms with Crippen molar-refractivity contribution in [2.75, 3.05) is 38.2 Å². The molecule has 1 heterocycles. The summed E-state index contributed by atoms with van der Waals surface area (Å²) in [6.07, 6.45) is -4.72. The third kappa shape index (κ3) is 5.60. The fourth-order valence-electron chi connectivity index (χ4n) is 2.01. The van der Waals surface area contributed by atoms with E-state index in [9.17, 15) is 18.0 Å². The summed E-state index contributed by atoms with van der Waals surface area (Å²) in [5.74, 6) is -0.504. The van der Waals surface area contributed by atoms with E-state index in [0.29, 0.717) is 25.4 Å². The molecular formula is C13H16F3N2O3+. The summed E-state index contributed by atoms with van der Waals surface area (Å²) in [6.45, 7) is 3.11. The number of morpholine rings is 1. The molecule has 0 spiro atoms. The molecule has 1 aromatic carbocycles. The van der Waals surface area contributed by atoms with Crippen molar-refractivity contribution >= 4 is 11.6 Å². The van der Waals surface area contributed by atoms with E-state index >= 15 is 0 Å². The lowest BCUT2D eigenvalue weighted by Gasteiger charge is -2.23. The Balaban J connectivity index is 1.83. The number of carbonyl (C=O) groups is 1. The largest absolute Gasteiger partial charge is 0.573 e. The third-order valence-corrected chi connectivity index (χ3v) is 2.98. The van der Waals surface area contributed by atoms with Crippen molar-refractivity contribution in [3.63, 3.8) is 0 Å². The zero-order valence-corrected chi connectivity index (χ0v) is 11.2. The smallest absolute Gasteiger partial charge is 0.406 e. The number of halogens is 3. The van der Waals surface area contributed by atoms with Crippen molar-refractivity contribution in [1.29, 1.82) is 0 Å². The second-order valence-corrected chi connectivity index (χ2v) is 4.66. The van der Waals surface area contributed by atoms with Gasteiger partial charge in [-0.05, 0) is 24.3 Å². The van der Waals surface area contributed by atoms with E-state index in [0.717, 1.165) is 30.1 Å². The molecule has 0 aliphatic carbocycles. The Bertz CT molecular complexity index is 471. The van der Waals surface area contributed by atoms with Gasteiger partial charge in [0, 0.05) is 5.69 Å². The number of quaternary nitrogens is 1. The molecule has 1 amide bonds. The van der Waals surface area contributed by atoms with Crippen LogP contribution in [0.4, 0.5) is 18.9 Å². The molecule has 8 heteroatoms. The second-order valence-electron chi connectivity index (χ2n) is 4.66. The van der Waals surface area contributed by atoms with Gasteiger partial charge in [0.1, 0.15) is 18.8 Å². The Morgan fingerprint density at radius 1 is 1.24 bits per heavy atom. The Kier molecular flexibility index (Phi) is 5.03. The second kappa shape index (κ2) is 6.77. The summed E-state index contributed by atoms with van der Waals surface area (Å²) in [4.78, 5) is 12.9. The van der Waals surface area contributed by atoms with Crippen molar-refractivity contribution in [3.05, 3.63) is 24.3 Å². The number of rotatable bonds is 4. The molecule has 0 bridgehead atoms. The summed E-state index contributed by atoms with van der Waals surface area (Å²) in [5, 5.41) is 2.64. The van der Waals surface area contributed by atoms with Crippen LogP contribution in [0.2, 0.25) is 0 Å². The topological polar surface area (TPSA) is 52.0 Å². The number of carbonyl (C=O) groups excluding carboxylic acids is 1. The number of amides is 1. The van der Waals surface area contributed by atoms with Crippen molar-refractivity contribution in [2.24, 2.45) is 0 Å². The van der Waals surface area contributed by atoms with Crippen molar-refractivity contribution in [1.82, 2.24) is 0 Å². The van der Waals surface area contributed by atoms with Gasteiger partial charge in [0.2, 0.25) is 0 Å². The summed E-state index contributed by atoms with van der Waals surface area (Å²) >= 11 is 0. The highest BCUT2D eigenvalue weighted by atomic mass is 19.4. The van der Waals surface area contributed by atoms with Gasteiger partial charge in [0.05, 0.1) is 13.2 Å². The number of hydrogen-bond acceptors (Lipinski definition) is 3. The standard InChI is InChI=1S/C13H15F3N2O3/c14-13(15,16)21-11-3-1-10(2-4-11)17-12(19)9-18-5-7-20-8-6-18/h1-4H,5-9H2,(H,17,19)/p+1. The maximum atomic E-state index is 12.0. The van der Waals surface area contributed by atoms with Crippen LogP contribution >= 0.6 is 0 Å². The highest BCUT2D eigenvalue weighted by Gasteiger charge is 2.31. The molecule has 1 aliphatic heterocycles. The molecule has 2 N–H and O–H groups in total. The van der Waals surface area contributed by atoms with Gasteiger partial charge in [0.15, 0.2) is 6.54 Å². The first-order chi connectivity index (χ1) is 9.92. The molecule has 0 aromatic heterocycles. The van der Waals surface area contributed by atoms with E-state index in [2.05, 4.69) is 10.1 Å². The summed E-state index contributed by atoms with van der Waals surface area (Å²) in [6, 6.07) is 5.05. The highest BCUT2D eigenvalue weighted by Crippen LogP contribution is 2.23. The first kappa shape index (κ1) is 15.6.